The number of hydrogen-bond acceptors (Lipinski definition) is 6. The number of benzene rings is 1. The molecule has 13 heteroatoms. The zero-order valence-electron chi connectivity index (χ0n) is 19.2. The molecule has 0 fully saturated rings. The average Bonchev–Trinajstić information content (AvgIpc) is 3.09. The summed E-state index contributed by atoms with van der Waals surface area (Å²) in [6.07, 6.45) is -0.869. The molecule has 34 heavy (non-hydrogen) atoms. The zero-order valence-corrected chi connectivity index (χ0v) is 20.9. The lowest BCUT2D eigenvalue weighted by molar-refractivity contribution is 0.0899. The minimum absolute atomic E-state index is 0.00610. The Balaban J connectivity index is 2.09. The molecule has 0 unspecified atom stereocenters. The van der Waals surface area contributed by atoms with Gasteiger partial charge < -0.3 is 24.3 Å². The molecule has 182 valence electrons. The number of rotatable bonds is 9. The van der Waals surface area contributed by atoms with E-state index in [1.807, 2.05) is 0 Å². The summed E-state index contributed by atoms with van der Waals surface area (Å²) >= 11 is 6.11. The summed E-state index contributed by atoms with van der Waals surface area (Å²) in [5.74, 6) is 0.242. The second kappa shape index (κ2) is 10.3. The fourth-order valence-corrected chi connectivity index (χ4v) is 4.20. The van der Waals surface area contributed by atoms with E-state index in [1.165, 1.54) is 19.2 Å². The maximum absolute atomic E-state index is 11.3. The molecule has 0 aliphatic heterocycles. The number of hydrogen-bond donors (Lipinski definition) is 4. The normalized spacial score (nSPS) is 11.4. The van der Waals surface area contributed by atoms with Crippen LogP contribution in [0, 0.1) is 0 Å². The summed E-state index contributed by atoms with van der Waals surface area (Å²) in [5, 5.41) is 23.2. The Kier molecular flexibility index (Phi) is 7.64. The van der Waals surface area contributed by atoms with E-state index in [2.05, 4.69) is 40.2 Å². The van der Waals surface area contributed by atoms with Gasteiger partial charge in [0.05, 0.1) is 23.9 Å². The number of fused-ring (bicyclic) bond motifs is 1. The van der Waals surface area contributed by atoms with Gasteiger partial charge in [-0.15, -0.1) is 0 Å². The van der Waals surface area contributed by atoms with Crippen LogP contribution < -0.4 is 15.4 Å². The monoisotopic (exact) mass is 507 g/mol. The van der Waals surface area contributed by atoms with Crippen LogP contribution in [0.5, 0.6) is 5.88 Å². The third kappa shape index (κ3) is 6.15. The van der Waals surface area contributed by atoms with Crippen LogP contribution in [0.1, 0.15) is 0 Å². The van der Waals surface area contributed by atoms with E-state index in [0.717, 1.165) is 6.04 Å². The first-order valence-electron chi connectivity index (χ1n) is 10.3. The van der Waals surface area contributed by atoms with Crippen molar-refractivity contribution >= 4 is 54.3 Å². The first-order chi connectivity index (χ1) is 16.0. The molecular weight excluding hydrogens is 482 g/mol. The molecule has 11 nitrogen and oxygen atoms in total. The smallest absolute Gasteiger partial charge is 0.409 e. The fourth-order valence-electron chi connectivity index (χ4n) is 3.29. The van der Waals surface area contributed by atoms with E-state index >= 15 is 0 Å². The van der Waals surface area contributed by atoms with Crippen molar-refractivity contribution in [3.8, 4) is 17.0 Å². The Morgan fingerprint density at radius 3 is 2.41 bits per heavy atom. The minimum atomic E-state index is -1.34. The third-order valence-corrected chi connectivity index (χ3v) is 6.76. The van der Waals surface area contributed by atoms with Crippen LogP contribution in [0.4, 0.5) is 21.0 Å². The molecule has 0 radical (unpaired) electrons. The molecule has 2 amide bonds. The number of amides is 2. The molecule has 0 atom stereocenters. The third-order valence-electron chi connectivity index (χ3n) is 4.89. The van der Waals surface area contributed by atoms with Gasteiger partial charge in [-0.05, 0) is 35.3 Å². The highest BCUT2D eigenvalue weighted by molar-refractivity contribution is 6.76. The van der Waals surface area contributed by atoms with Crippen molar-refractivity contribution in [2.24, 2.45) is 0 Å². The maximum Gasteiger partial charge on any atom is 0.409 e. The number of carbonyl (C=O) groups is 2. The van der Waals surface area contributed by atoms with Gasteiger partial charge in [0.1, 0.15) is 6.73 Å². The fraction of sp³-hybridized carbons (Fsp3) is 0.333. The predicted molar refractivity (Wildman–Crippen MR) is 132 cm³/mol. The van der Waals surface area contributed by atoms with Crippen LogP contribution >= 0.6 is 11.6 Å². The molecule has 0 aliphatic carbocycles. The summed E-state index contributed by atoms with van der Waals surface area (Å²) < 4.78 is 13.1. The molecule has 2 heterocycles. The van der Waals surface area contributed by atoms with Gasteiger partial charge in [-0.3, -0.25) is 10.6 Å². The number of ether oxygens (including phenoxy) is 2. The van der Waals surface area contributed by atoms with Crippen molar-refractivity contribution in [3.05, 3.63) is 29.7 Å². The Hall–Kier alpha value is -3.35. The van der Waals surface area contributed by atoms with Gasteiger partial charge in [0, 0.05) is 26.4 Å². The summed E-state index contributed by atoms with van der Waals surface area (Å²) in [5.41, 5.74) is 1.85. The van der Waals surface area contributed by atoms with Crippen molar-refractivity contribution in [1.82, 2.24) is 14.5 Å². The van der Waals surface area contributed by atoms with Gasteiger partial charge >= 0.3 is 12.2 Å². The Morgan fingerprint density at radius 2 is 1.79 bits per heavy atom. The molecule has 3 rings (SSSR count). The standard InChI is InChI=1S/C21H26ClN5O6Si/c1-32-18-16-13(12-5-6-14(23-20(28)29)15(9-12)24-21(30)31)10-27(17(16)25-19(22)26-18)11-33-7-8-34(2,3)4/h5-6,9-10,23-24H,7-8,11H2,1-4H3,(H,28,29)(H,30,31). The number of nitrogens with one attached hydrogen (secondary N) is 2. The van der Waals surface area contributed by atoms with Gasteiger partial charge in [0.25, 0.3) is 0 Å². The molecular formula is C21H26ClN5O6Si. The highest BCUT2D eigenvalue weighted by Crippen LogP contribution is 2.38. The molecule has 0 aliphatic rings. The van der Waals surface area contributed by atoms with Crippen molar-refractivity contribution in [1.29, 1.82) is 0 Å². The lowest BCUT2D eigenvalue weighted by Crippen LogP contribution is -2.22. The number of nitrogens with zero attached hydrogens (tertiary/aromatic N) is 3. The topological polar surface area (TPSA) is 148 Å². The second-order valence-electron chi connectivity index (χ2n) is 8.68. The first-order valence-corrected chi connectivity index (χ1v) is 14.4. The van der Waals surface area contributed by atoms with Crippen LogP contribution in [-0.4, -0.2) is 58.7 Å². The SMILES string of the molecule is COc1nc(Cl)nc2c1c(-c1ccc(NC(=O)O)c(NC(=O)O)c1)cn2COCC[Si](C)(C)C. The van der Waals surface area contributed by atoms with Crippen molar-refractivity contribution < 1.29 is 29.3 Å². The molecule has 3 aromatic rings. The Bertz CT molecular complexity index is 1230. The molecule has 0 bridgehead atoms. The number of anilines is 2. The molecule has 0 saturated heterocycles. The van der Waals surface area contributed by atoms with Gasteiger partial charge in [-0.2, -0.15) is 9.97 Å². The van der Waals surface area contributed by atoms with E-state index < -0.39 is 20.3 Å². The average molecular weight is 508 g/mol. The highest BCUT2D eigenvalue weighted by atomic mass is 35.5. The second-order valence-corrected chi connectivity index (χ2v) is 14.6. The van der Waals surface area contributed by atoms with E-state index in [9.17, 15) is 14.7 Å². The summed E-state index contributed by atoms with van der Waals surface area (Å²) in [6, 6.07) is 5.63. The van der Waals surface area contributed by atoms with Gasteiger partial charge in [-0.25, -0.2) is 9.59 Å². The number of halogens is 1. The van der Waals surface area contributed by atoms with Crippen molar-refractivity contribution in [2.75, 3.05) is 24.4 Å². The van der Waals surface area contributed by atoms with E-state index in [1.54, 1.807) is 16.8 Å². The first kappa shape index (κ1) is 25.3. The van der Waals surface area contributed by atoms with Crippen LogP contribution in [0.2, 0.25) is 31.0 Å². The van der Waals surface area contributed by atoms with E-state index in [4.69, 9.17) is 26.2 Å². The summed E-state index contributed by atoms with van der Waals surface area (Å²) in [4.78, 5) is 30.9. The molecule has 4 N–H and O–H groups in total. The zero-order chi connectivity index (χ0) is 25.0. The molecule has 0 spiro atoms. The summed E-state index contributed by atoms with van der Waals surface area (Å²) in [6.45, 7) is 7.62. The van der Waals surface area contributed by atoms with Crippen molar-refractivity contribution in [3.63, 3.8) is 0 Å². The number of aromatic nitrogens is 3. The van der Waals surface area contributed by atoms with Crippen LogP contribution in [0.15, 0.2) is 24.4 Å². The summed E-state index contributed by atoms with van der Waals surface area (Å²) in [7, 11) is 0.198. The van der Waals surface area contributed by atoms with Crippen LogP contribution in [0.25, 0.3) is 22.2 Å². The molecule has 0 saturated carbocycles. The maximum atomic E-state index is 11.3. The Labute approximate surface area is 201 Å². The Morgan fingerprint density at radius 1 is 1.12 bits per heavy atom. The lowest BCUT2D eigenvalue weighted by atomic mass is 10.0. The van der Waals surface area contributed by atoms with Gasteiger partial charge in [0.15, 0.2) is 5.65 Å². The van der Waals surface area contributed by atoms with Crippen LogP contribution in [0.3, 0.4) is 0 Å². The number of methoxy groups -OCH3 is 1. The van der Waals surface area contributed by atoms with E-state index in [0.29, 0.717) is 28.8 Å². The highest BCUT2D eigenvalue weighted by Gasteiger charge is 2.20. The van der Waals surface area contributed by atoms with Gasteiger partial charge in [-0.1, -0.05) is 25.7 Å². The molecule has 1 aromatic carbocycles. The molecule has 2 aromatic heterocycles. The minimum Gasteiger partial charge on any atom is -0.480 e. The largest absolute Gasteiger partial charge is 0.480 e. The van der Waals surface area contributed by atoms with Crippen molar-refractivity contribution in [2.45, 2.75) is 32.4 Å². The van der Waals surface area contributed by atoms with E-state index in [-0.39, 0.29) is 29.3 Å². The predicted octanol–water partition coefficient (Wildman–Crippen LogP) is 5.25. The lowest BCUT2D eigenvalue weighted by Gasteiger charge is -2.15. The van der Waals surface area contributed by atoms with Crippen LogP contribution in [-0.2, 0) is 11.5 Å². The van der Waals surface area contributed by atoms with Gasteiger partial charge in [0.2, 0.25) is 11.2 Å². The number of carboxylic acid groups (broad SMARTS) is 2. The quantitative estimate of drug-likeness (QED) is 0.174.